The summed E-state index contributed by atoms with van der Waals surface area (Å²) < 4.78 is 5.09. The molecule has 3 heterocycles. The summed E-state index contributed by atoms with van der Waals surface area (Å²) in [5.74, 6) is 0.804. The first-order valence-electron chi connectivity index (χ1n) is 11.1. The predicted octanol–water partition coefficient (Wildman–Crippen LogP) is 3.76. The van der Waals surface area contributed by atoms with Crippen LogP contribution in [-0.4, -0.2) is 44.3 Å². The van der Waals surface area contributed by atoms with E-state index in [-0.39, 0.29) is 11.8 Å². The topological polar surface area (TPSA) is 93.3 Å². The summed E-state index contributed by atoms with van der Waals surface area (Å²) in [6, 6.07) is 13.1. The van der Waals surface area contributed by atoms with Gasteiger partial charge in [-0.15, -0.1) is 0 Å². The highest BCUT2D eigenvalue weighted by atomic mass is 32.1. The molecular weight excluding hydrogens is 448 g/mol. The number of imidazole rings is 2. The van der Waals surface area contributed by atoms with Gasteiger partial charge in [-0.05, 0) is 30.3 Å². The number of thiazole rings is 1. The summed E-state index contributed by atoms with van der Waals surface area (Å²) in [4.78, 5) is 34.4. The molecule has 172 valence electrons. The van der Waals surface area contributed by atoms with Crippen molar-refractivity contribution in [1.29, 1.82) is 0 Å². The highest BCUT2D eigenvalue weighted by Crippen LogP contribution is 2.30. The number of hydrogen-bond acceptors (Lipinski definition) is 5. The van der Waals surface area contributed by atoms with Crippen LogP contribution < -0.4 is 10.6 Å². The number of carbonyl (C=O) groups is 2. The van der Waals surface area contributed by atoms with E-state index in [4.69, 9.17) is 4.98 Å². The van der Waals surface area contributed by atoms with Gasteiger partial charge in [0.05, 0.1) is 15.9 Å². The van der Waals surface area contributed by atoms with Crippen molar-refractivity contribution >= 4 is 38.3 Å². The summed E-state index contributed by atoms with van der Waals surface area (Å²) >= 11 is 1.54. The predicted molar refractivity (Wildman–Crippen MR) is 133 cm³/mol. The molecule has 34 heavy (non-hydrogen) atoms. The van der Waals surface area contributed by atoms with Gasteiger partial charge in [0.2, 0.25) is 0 Å². The summed E-state index contributed by atoms with van der Waals surface area (Å²) in [6.45, 7) is 3.30. The van der Waals surface area contributed by atoms with Crippen LogP contribution in [0.15, 0.2) is 61.1 Å². The first-order chi connectivity index (χ1) is 16.6. The lowest BCUT2D eigenvalue weighted by molar-refractivity contribution is 0.0948. The number of nitrogens with zero attached hydrogens (tertiary/aromatic N) is 4. The molecule has 0 saturated carbocycles. The van der Waals surface area contributed by atoms with Crippen molar-refractivity contribution in [3.8, 4) is 11.3 Å². The van der Waals surface area contributed by atoms with Crippen LogP contribution >= 0.6 is 11.3 Å². The third kappa shape index (κ3) is 4.06. The monoisotopic (exact) mass is 472 g/mol. The molecule has 0 fully saturated rings. The molecule has 0 saturated heterocycles. The summed E-state index contributed by atoms with van der Waals surface area (Å²) in [5.41, 5.74) is 4.02. The maximum atomic E-state index is 12.7. The molecule has 3 aromatic heterocycles. The molecule has 5 rings (SSSR count). The molecule has 5 aromatic rings. The van der Waals surface area contributed by atoms with E-state index in [1.165, 1.54) is 0 Å². The molecule has 0 spiro atoms. The highest BCUT2D eigenvalue weighted by molar-refractivity contribution is 7.23. The van der Waals surface area contributed by atoms with Crippen molar-refractivity contribution in [3.05, 3.63) is 78.0 Å². The number of carbonyl (C=O) groups excluding carboxylic acids is 2. The van der Waals surface area contributed by atoms with Crippen molar-refractivity contribution < 1.29 is 9.59 Å². The van der Waals surface area contributed by atoms with Gasteiger partial charge in [0.15, 0.2) is 4.96 Å². The van der Waals surface area contributed by atoms with E-state index in [0.717, 1.165) is 38.7 Å². The fourth-order valence-corrected chi connectivity index (χ4v) is 5.02. The fraction of sp³-hybridized carbons (Fsp3) is 0.200. The minimum atomic E-state index is -0.115. The maximum absolute atomic E-state index is 12.7. The van der Waals surface area contributed by atoms with Crippen molar-refractivity contribution in [2.24, 2.45) is 0 Å². The van der Waals surface area contributed by atoms with Gasteiger partial charge in [-0.3, -0.25) is 14.0 Å². The fourth-order valence-electron chi connectivity index (χ4n) is 3.97. The third-order valence-corrected chi connectivity index (χ3v) is 6.80. The van der Waals surface area contributed by atoms with Gasteiger partial charge in [0, 0.05) is 61.8 Å². The van der Waals surface area contributed by atoms with Crippen LogP contribution in [0.4, 0.5) is 0 Å². The summed E-state index contributed by atoms with van der Waals surface area (Å²) in [5, 5.41) is 5.62. The van der Waals surface area contributed by atoms with Crippen LogP contribution in [0.2, 0.25) is 0 Å². The Hall–Kier alpha value is -3.98. The Morgan fingerprint density at radius 2 is 1.85 bits per heavy atom. The number of rotatable bonds is 7. The Bertz CT molecular complexity index is 1500. The van der Waals surface area contributed by atoms with Crippen LogP contribution in [0, 0.1) is 0 Å². The second-order valence-electron chi connectivity index (χ2n) is 7.87. The van der Waals surface area contributed by atoms with Crippen molar-refractivity contribution in [3.63, 3.8) is 0 Å². The third-order valence-electron chi connectivity index (χ3n) is 5.78. The van der Waals surface area contributed by atoms with Gasteiger partial charge in [-0.25, -0.2) is 9.97 Å². The van der Waals surface area contributed by atoms with E-state index < -0.39 is 0 Å². The van der Waals surface area contributed by atoms with Crippen molar-refractivity contribution in [1.82, 2.24) is 29.6 Å². The molecule has 0 unspecified atom stereocenters. The van der Waals surface area contributed by atoms with Crippen LogP contribution in [0.25, 0.3) is 26.4 Å². The van der Waals surface area contributed by atoms with E-state index in [2.05, 4.69) is 27.1 Å². The Labute approximate surface area is 200 Å². The number of benzene rings is 2. The number of hydrogen-bond donors (Lipinski definition) is 2. The average molecular weight is 473 g/mol. The maximum Gasteiger partial charge on any atom is 0.251 e. The zero-order chi connectivity index (χ0) is 23.7. The highest BCUT2D eigenvalue weighted by Gasteiger charge is 2.14. The molecule has 0 aliphatic carbocycles. The molecule has 0 aliphatic heterocycles. The van der Waals surface area contributed by atoms with Crippen molar-refractivity contribution in [2.45, 2.75) is 19.9 Å². The Kier molecular flexibility index (Phi) is 5.85. The molecular formula is C25H24N6O2S. The normalized spacial score (nSPS) is 11.2. The largest absolute Gasteiger partial charge is 0.355 e. The summed E-state index contributed by atoms with van der Waals surface area (Å²) in [6.07, 6.45) is 6.57. The van der Waals surface area contributed by atoms with Crippen LogP contribution in [0.5, 0.6) is 0 Å². The lowest BCUT2D eigenvalue weighted by atomic mass is 10.1. The van der Waals surface area contributed by atoms with Crippen LogP contribution in [0.3, 0.4) is 0 Å². The molecule has 2 aromatic carbocycles. The lowest BCUT2D eigenvalue weighted by Gasteiger charge is -2.08. The minimum absolute atomic E-state index is 0.0944. The molecule has 9 heteroatoms. The van der Waals surface area contributed by atoms with Crippen LogP contribution in [-0.2, 0) is 13.0 Å². The second kappa shape index (κ2) is 9.11. The molecule has 0 bridgehead atoms. The van der Waals surface area contributed by atoms with Gasteiger partial charge < -0.3 is 15.2 Å². The van der Waals surface area contributed by atoms with E-state index in [0.29, 0.717) is 24.2 Å². The quantitative estimate of drug-likeness (QED) is 0.377. The molecule has 0 aliphatic rings. The van der Waals surface area contributed by atoms with E-state index in [1.807, 2.05) is 47.1 Å². The summed E-state index contributed by atoms with van der Waals surface area (Å²) in [7, 11) is 1.61. The molecule has 0 radical (unpaired) electrons. The van der Waals surface area contributed by atoms with E-state index >= 15 is 0 Å². The Morgan fingerprint density at radius 3 is 2.62 bits per heavy atom. The Morgan fingerprint density at radius 1 is 1.06 bits per heavy atom. The van der Waals surface area contributed by atoms with Gasteiger partial charge in [0.1, 0.15) is 5.82 Å². The first kappa shape index (κ1) is 21.8. The standard InChI is InChI=1S/C25H24N6O2S/c1-3-22-27-10-12-30(22)13-11-28-24(33)18-8-9-20-21(14-18)34-25-29-19(15-31(20)25)16-4-6-17(7-5-16)23(32)26-2/h4-10,12,14-15H,3,11,13H2,1-2H3,(H,26,32)(H,28,33). The van der Waals surface area contributed by atoms with Gasteiger partial charge in [-0.2, -0.15) is 0 Å². The number of amides is 2. The van der Waals surface area contributed by atoms with E-state index in [1.54, 1.807) is 36.7 Å². The van der Waals surface area contributed by atoms with Gasteiger partial charge in [-0.1, -0.05) is 30.4 Å². The molecule has 8 nitrogen and oxygen atoms in total. The molecule has 0 atom stereocenters. The Balaban J connectivity index is 1.32. The van der Waals surface area contributed by atoms with Crippen LogP contribution in [0.1, 0.15) is 33.5 Å². The number of fused-ring (bicyclic) bond motifs is 3. The number of aryl methyl sites for hydroxylation is 1. The minimum Gasteiger partial charge on any atom is -0.355 e. The second-order valence-corrected chi connectivity index (χ2v) is 8.88. The SMILES string of the molecule is CCc1nccn1CCNC(=O)c1ccc2c(c1)sc1nc(-c3ccc(C(=O)NC)cc3)cn12. The molecule has 2 amide bonds. The van der Waals surface area contributed by atoms with Crippen molar-refractivity contribution in [2.75, 3.05) is 13.6 Å². The van der Waals surface area contributed by atoms with Gasteiger partial charge >= 0.3 is 0 Å². The first-order valence-corrected chi connectivity index (χ1v) is 11.9. The molecule has 2 N–H and O–H groups in total. The zero-order valence-electron chi connectivity index (χ0n) is 18.9. The number of nitrogens with one attached hydrogen (secondary N) is 2. The lowest BCUT2D eigenvalue weighted by Crippen LogP contribution is -2.27. The zero-order valence-corrected chi connectivity index (χ0v) is 19.7. The number of aromatic nitrogens is 4. The average Bonchev–Trinajstić information content (AvgIpc) is 3.57. The van der Waals surface area contributed by atoms with Gasteiger partial charge in [0.25, 0.3) is 11.8 Å². The smallest absolute Gasteiger partial charge is 0.251 e. The van der Waals surface area contributed by atoms with E-state index in [9.17, 15) is 9.59 Å².